The second kappa shape index (κ2) is 15.5. The van der Waals surface area contributed by atoms with Gasteiger partial charge in [-0.05, 0) is 53.3 Å². The number of hydrogen-bond acceptors (Lipinski definition) is 10. The number of nitrogens with two attached hydrogens (primary N) is 2. The number of amides is 1. The summed E-state index contributed by atoms with van der Waals surface area (Å²) in [5, 5.41) is 2.70. The number of rotatable bonds is 13. The Labute approximate surface area is 277 Å². The Balaban J connectivity index is 1.96. The van der Waals surface area contributed by atoms with Gasteiger partial charge < -0.3 is 40.1 Å². The first-order valence-electron chi connectivity index (χ1n) is 15.3. The predicted molar refractivity (Wildman–Crippen MR) is 182 cm³/mol. The lowest BCUT2D eigenvalue weighted by Gasteiger charge is -2.17. The minimum atomic E-state index is -0.759. The van der Waals surface area contributed by atoms with Gasteiger partial charge >= 0.3 is 11.9 Å². The zero-order chi connectivity index (χ0) is 35.1. The molecule has 0 saturated heterocycles. The highest BCUT2D eigenvalue weighted by molar-refractivity contribution is 6.12. The first kappa shape index (κ1) is 35.6. The second-order valence-electron chi connectivity index (χ2n) is 11.6. The van der Waals surface area contributed by atoms with Gasteiger partial charge in [-0.3, -0.25) is 9.59 Å². The molecular weight excluding hydrogens is 620 g/mol. The number of carbonyl (C=O) groups excluding carboxylic acids is 3. The zero-order valence-corrected chi connectivity index (χ0v) is 27.8. The third-order valence-electron chi connectivity index (χ3n) is 7.47. The van der Waals surface area contributed by atoms with E-state index in [2.05, 4.69) is 24.2 Å². The zero-order valence-electron chi connectivity index (χ0n) is 27.8. The minimum Gasteiger partial charge on any atom is -0.460 e. The van der Waals surface area contributed by atoms with Crippen molar-refractivity contribution >= 4 is 57.1 Å². The number of carbonyl (C=O) groups is 3. The monoisotopic (exact) mass is 660 g/mol. The smallest absolute Gasteiger partial charge is 0.338 e. The Morgan fingerprint density at radius 2 is 1.38 bits per heavy atom. The number of benzene rings is 3. The highest BCUT2D eigenvalue weighted by Crippen LogP contribution is 2.34. The number of aliphatic imine (C=N–C) groups is 1. The molecule has 48 heavy (non-hydrogen) atoms. The summed E-state index contributed by atoms with van der Waals surface area (Å²) in [7, 11) is 2.92. The van der Waals surface area contributed by atoms with Crippen molar-refractivity contribution < 1.29 is 37.7 Å². The fourth-order valence-corrected chi connectivity index (χ4v) is 5.01. The van der Waals surface area contributed by atoms with Gasteiger partial charge in [0.25, 0.3) is 5.91 Å². The Bertz CT molecular complexity index is 1940. The molecule has 254 valence electrons. The van der Waals surface area contributed by atoms with Gasteiger partial charge in [0.05, 0.1) is 40.8 Å². The van der Waals surface area contributed by atoms with Gasteiger partial charge in [-0.2, -0.15) is 0 Å². The third-order valence-corrected chi connectivity index (χ3v) is 7.47. The summed E-state index contributed by atoms with van der Waals surface area (Å²) in [6.45, 7) is 8.34. The van der Waals surface area contributed by atoms with E-state index in [4.69, 9.17) is 34.8 Å². The molecule has 0 saturated carbocycles. The van der Waals surface area contributed by atoms with Crippen molar-refractivity contribution in [2.24, 2.45) is 16.5 Å². The second-order valence-corrected chi connectivity index (χ2v) is 11.6. The van der Waals surface area contributed by atoms with E-state index in [1.165, 1.54) is 38.5 Å². The fraction of sp³-hybridized carbons (Fsp3) is 0.343. The maximum absolute atomic E-state index is 14.1. The molecule has 1 heterocycles. The summed E-state index contributed by atoms with van der Waals surface area (Å²) in [6, 6.07) is 10.9. The van der Waals surface area contributed by atoms with Crippen LogP contribution in [-0.2, 0) is 18.9 Å². The summed E-state index contributed by atoms with van der Waals surface area (Å²) in [4.78, 5) is 58.0. The van der Waals surface area contributed by atoms with E-state index in [-0.39, 0.29) is 88.7 Å². The third kappa shape index (κ3) is 7.99. The maximum atomic E-state index is 14.1. The quantitative estimate of drug-likeness (QED) is 0.0577. The van der Waals surface area contributed by atoms with E-state index in [9.17, 15) is 19.2 Å². The standard InChI is InChI=1S/C35H40N4O9/c1-18(2)20-7-8-23(24(13-20)19(3)4)32(41)38-27-16-21(33(42)46-11-9-44-5)14-25-29(40)26-15-22(34(43)47-12-10-45-6)17-28(39-35(36)37)31(26)48-30(25)27/h7-8,13-19H,9-12H2,1-6H3,(H,38,41)(H4,36,37,39). The van der Waals surface area contributed by atoms with E-state index in [0.717, 1.165) is 11.1 Å². The fourth-order valence-electron chi connectivity index (χ4n) is 5.01. The van der Waals surface area contributed by atoms with Crippen molar-refractivity contribution in [1.82, 2.24) is 0 Å². The number of guanidine groups is 1. The minimum absolute atomic E-state index is 0.0164. The van der Waals surface area contributed by atoms with Gasteiger partial charge in [0.15, 0.2) is 17.1 Å². The molecule has 0 aliphatic heterocycles. The molecule has 4 rings (SSSR count). The number of nitrogens with zero attached hydrogens (tertiary/aromatic N) is 1. The normalized spacial score (nSPS) is 11.2. The Kier molecular flexibility index (Phi) is 11.5. The average molecular weight is 661 g/mol. The largest absolute Gasteiger partial charge is 0.460 e. The number of anilines is 1. The van der Waals surface area contributed by atoms with Crippen molar-refractivity contribution in [2.45, 2.75) is 39.5 Å². The Morgan fingerprint density at radius 3 is 1.92 bits per heavy atom. The van der Waals surface area contributed by atoms with E-state index >= 15 is 0 Å². The number of hydrogen-bond donors (Lipinski definition) is 3. The van der Waals surface area contributed by atoms with Crippen LogP contribution in [-0.4, -0.2) is 64.5 Å². The molecule has 1 aromatic heterocycles. The first-order valence-corrected chi connectivity index (χ1v) is 15.3. The summed E-state index contributed by atoms with van der Waals surface area (Å²) in [5.41, 5.74) is 12.9. The number of fused-ring (bicyclic) bond motifs is 2. The van der Waals surface area contributed by atoms with E-state index < -0.39 is 23.3 Å². The molecule has 5 N–H and O–H groups in total. The van der Waals surface area contributed by atoms with E-state index in [0.29, 0.717) is 5.56 Å². The molecule has 0 fully saturated rings. The van der Waals surface area contributed by atoms with Crippen LogP contribution in [0.2, 0.25) is 0 Å². The molecule has 0 spiro atoms. The topological polar surface area (TPSA) is 195 Å². The summed E-state index contributed by atoms with van der Waals surface area (Å²) >= 11 is 0. The van der Waals surface area contributed by atoms with Crippen molar-refractivity contribution in [3.8, 4) is 0 Å². The molecule has 0 bridgehead atoms. The molecule has 0 atom stereocenters. The maximum Gasteiger partial charge on any atom is 0.338 e. The van der Waals surface area contributed by atoms with Crippen molar-refractivity contribution in [2.75, 3.05) is 46.0 Å². The van der Waals surface area contributed by atoms with Gasteiger partial charge in [0, 0.05) is 19.8 Å². The lowest BCUT2D eigenvalue weighted by Crippen LogP contribution is -2.22. The number of esters is 2. The molecule has 1 amide bonds. The van der Waals surface area contributed by atoms with Crippen LogP contribution in [0.4, 0.5) is 11.4 Å². The van der Waals surface area contributed by atoms with Crippen LogP contribution in [0.5, 0.6) is 0 Å². The number of nitrogens with one attached hydrogen (secondary N) is 1. The summed E-state index contributed by atoms with van der Waals surface area (Å²) in [6.07, 6.45) is 0. The molecular formula is C35H40N4O9. The number of methoxy groups -OCH3 is 2. The molecule has 0 aliphatic carbocycles. The molecule has 13 nitrogen and oxygen atoms in total. The van der Waals surface area contributed by atoms with Crippen molar-refractivity contribution in [3.63, 3.8) is 0 Å². The van der Waals surface area contributed by atoms with Crippen molar-refractivity contribution in [3.05, 3.63) is 80.5 Å². The summed E-state index contributed by atoms with van der Waals surface area (Å²) < 4.78 is 26.7. The van der Waals surface area contributed by atoms with Gasteiger partial charge in [-0.15, -0.1) is 0 Å². The van der Waals surface area contributed by atoms with Gasteiger partial charge in [-0.25, -0.2) is 14.6 Å². The molecule has 3 aromatic carbocycles. The van der Waals surface area contributed by atoms with Gasteiger partial charge in [-0.1, -0.05) is 39.8 Å². The molecule has 13 heteroatoms. The Morgan fingerprint density at radius 1 is 0.792 bits per heavy atom. The van der Waals surface area contributed by atoms with Crippen LogP contribution in [0.25, 0.3) is 21.9 Å². The predicted octanol–water partition coefficient (Wildman–Crippen LogP) is 4.96. The Hall–Kier alpha value is -5.27. The SMILES string of the molecule is COCCOC(=O)c1cc(N=C(N)N)c2oc3c(NC(=O)c4ccc(C(C)C)cc4C(C)C)cc(C(=O)OCCOC)cc3c(=O)c2c1. The van der Waals surface area contributed by atoms with Gasteiger partial charge in [0.2, 0.25) is 5.43 Å². The number of ether oxygens (including phenoxy) is 4. The highest BCUT2D eigenvalue weighted by atomic mass is 16.6. The average Bonchev–Trinajstić information content (AvgIpc) is 3.04. The van der Waals surface area contributed by atoms with Crippen LogP contribution in [0.1, 0.15) is 81.7 Å². The van der Waals surface area contributed by atoms with Crippen LogP contribution < -0.4 is 22.2 Å². The highest BCUT2D eigenvalue weighted by Gasteiger charge is 2.23. The van der Waals surface area contributed by atoms with E-state index in [1.807, 2.05) is 26.0 Å². The molecule has 4 aromatic rings. The lowest BCUT2D eigenvalue weighted by molar-refractivity contribution is 0.0381. The van der Waals surface area contributed by atoms with Crippen molar-refractivity contribution in [1.29, 1.82) is 0 Å². The van der Waals surface area contributed by atoms with E-state index in [1.54, 1.807) is 6.07 Å². The molecule has 0 unspecified atom stereocenters. The van der Waals surface area contributed by atoms with Crippen LogP contribution in [0, 0.1) is 0 Å². The summed E-state index contributed by atoms with van der Waals surface area (Å²) in [5.74, 6) is -2.10. The molecule has 0 radical (unpaired) electrons. The van der Waals surface area contributed by atoms with Gasteiger partial charge in [0.1, 0.15) is 18.9 Å². The van der Waals surface area contributed by atoms with Crippen LogP contribution in [0.3, 0.4) is 0 Å². The molecule has 0 aliphatic rings. The first-order chi connectivity index (χ1) is 22.9. The van der Waals surface area contributed by atoms with Crippen LogP contribution in [0.15, 0.2) is 56.7 Å². The van der Waals surface area contributed by atoms with Crippen LogP contribution >= 0.6 is 0 Å². The lowest BCUT2D eigenvalue weighted by atomic mass is 9.91.